The van der Waals surface area contributed by atoms with Gasteiger partial charge in [0.05, 0.1) is 0 Å². The van der Waals surface area contributed by atoms with Crippen molar-refractivity contribution in [3.8, 4) is 71.6 Å². The molecule has 106 heavy (non-hydrogen) atoms. The molecule has 2 N–H and O–H groups in total. The molecule has 1 aliphatic rings. The summed E-state index contributed by atoms with van der Waals surface area (Å²) in [4.78, 5) is 28.8. The standard InChI is InChI=1S/C90H76N8O8/c1-87(2,3)65-31-53-27-57-35-67(89(7,8)9)37-59(85(57)105-49-77(99)103-47-51-21-23-73-75(25-51)81(63(43-95)44-96)71-19-15-13-17-69(71)79(73)61(39-91)40-92)29-55-33-66(88(4,5)6)34-56(84(55)102)30-60-38-68(90(10,11)12)36-58(28-54(32-65)83(53)101)86(60)106-50-78(100)104-48-52-22-24-74-76(26-52)82(64(45-97)46-98)72-20-16-14-18-70(72)80(74)62(41-93)42-94/h13-26,31-38,101-102H,27-30,47-50H2,1-12H3. The lowest BCUT2D eigenvalue weighted by Gasteiger charge is -2.28. The quantitative estimate of drug-likeness (QED) is 0.0949. The Hall–Kier alpha value is -13.2. The number of carbonyl (C=O) groups excluding carboxylic acids is 2. The Morgan fingerprint density at radius 3 is 0.792 bits per heavy atom. The molecule has 0 heterocycles. The molecular formula is C90H76N8O8. The van der Waals surface area contributed by atoms with Gasteiger partial charge in [-0.25, -0.2) is 9.59 Å². The van der Waals surface area contributed by atoms with Crippen LogP contribution in [0.2, 0.25) is 0 Å². The molecule has 0 spiro atoms. The maximum absolute atomic E-state index is 14.4. The molecular weight excluding hydrogens is 1320 g/mol. The first-order valence-corrected chi connectivity index (χ1v) is 34.6. The van der Waals surface area contributed by atoms with Gasteiger partial charge in [-0.3, -0.25) is 0 Å². The maximum atomic E-state index is 14.4. The highest BCUT2D eigenvalue weighted by molar-refractivity contribution is 6.07. The molecule has 0 amide bonds. The normalized spacial score (nSPS) is 12.0. The number of aromatic hydroxyl groups is 2. The zero-order valence-corrected chi connectivity index (χ0v) is 61.3. The third kappa shape index (κ3) is 14.7. The number of esters is 2. The monoisotopic (exact) mass is 1400 g/mol. The molecule has 0 saturated heterocycles. The molecule has 0 radical (unpaired) electrons. The lowest BCUT2D eigenvalue weighted by molar-refractivity contribution is -0.148. The summed E-state index contributed by atoms with van der Waals surface area (Å²) in [6, 6.07) is 56.1. The number of hydrogen-bond donors (Lipinski definition) is 2. The molecule has 0 fully saturated rings. The van der Waals surface area contributed by atoms with Crippen LogP contribution in [0.15, 0.2) is 133 Å². The highest BCUT2D eigenvalue weighted by atomic mass is 16.6. The fourth-order valence-electron chi connectivity index (χ4n) is 13.9. The molecule has 0 atom stereocenters. The van der Waals surface area contributed by atoms with E-state index in [9.17, 15) is 61.9 Å². The number of fused-ring (bicyclic) bond motifs is 12. The van der Waals surface area contributed by atoms with Gasteiger partial charge < -0.3 is 29.2 Å². The molecule has 8 bridgehead atoms. The molecule has 0 aliphatic heterocycles. The van der Waals surface area contributed by atoms with Gasteiger partial charge in [0.1, 0.15) is 107 Å². The van der Waals surface area contributed by atoms with Crippen molar-refractivity contribution in [2.45, 2.75) is 144 Å². The van der Waals surface area contributed by atoms with Gasteiger partial charge in [-0.05, 0) is 155 Å². The number of benzene rings is 10. The minimum Gasteiger partial charge on any atom is -0.507 e. The third-order valence-electron chi connectivity index (χ3n) is 19.5. The summed E-state index contributed by atoms with van der Waals surface area (Å²) in [6.45, 7) is 23.4. The van der Waals surface area contributed by atoms with Crippen LogP contribution in [0.4, 0.5) is 0 Å². The molecule has 0 aromatic heterocycles. The first kappa shape index (κ1) is 74.0. The SMILES string of the molecule is CC(C)(C)c1cc2c(O)c(c1)Cc1cc(C(C)(C)C)cc(c1OCC(=O)OCc1ccc3c(=C(C#N)C#N)c4ccccc4c(=C(C#N)C#N)c3c1)Cc1cc(C(C)(C)C)cc(c1O)Cc1cc(C(C)(C)C)cc(c1OCC(=O)OCc1ccc3c(=C(C#N)C#N)c4ccccc4c(=C(C#N)C#N)c3c1)C2. The lowest BCUT2D eigenvalue weighted by Crippen LogP contribution is -2.20. The summed E-state index contributed by atoms with van der Waals surface area (Å²) in [5, 5.41) is 113. The predicted octanol–water partition coefficient (Wildman–Crippen LogP) is 14.6. The van der Waals surface area contributed by atoms with Gasteiger partial charge in [-0.2, -0.15) is 42.1 Å². The van der Waals surface area contributed by atoms with Crippen molar-refractivity contribution in [3.05, 3.63) is 232 Å². The summed E-state index contributed by atoms with van der Waals surface area (Å²) in [5.41, 5.74) is 6.89. The molecule has 524 valence electrons. The number of rotatable bonds is 10. The average molecular weight is 1400 g/mol. The van der Waals surface area contributed by atoms with E-state index in [2.05, 4.69) is 83.1 Å². The van der Waals surface area contributed by atoms with Crippen molar-refractivity contribution in [1.29, 1.82) is 42.1 Å². The van der Waals surface area contributed by atoms with Crippen LogP contribution in [0, 0.1) is 90.6 Å². The Bertz CT molecular complexity index is 5540. The van der Waals surface area contributed by atoms with E-state index in [1.54, 1.807) is 84.9 Å². The largest absolute Gasteiger partial charge is 0.507 e. The second-order valence-electron chi connectivity index (χ2n) is 30.9. The van der Waals surface area contributed by atoms with E-state index in [1.807, 2.05) is 97.1 Å². The summed E-state index contributed by atoms with van der Waals surface area (Å²) >= 11 is 0. The number of nitrogens with zero attached hydrogens (tertiary/aromatic N) is 8. The number of carbonyl (C=O) groups is 2. The van der Waals surface area contributed by atoms with Crippen molar-refractivity contribution in [3.63, 3.8) is 0 Å². The summed E-state index contributed by atoms with van der Waals surface area (Å²) in [7, 11) is 0. The molecule has 16 nitrogen and oxygen atoms in total. The van der Waals surface area contributed by atoms with Gasteiger partial charge in [-0.1, -0.05) is 204 Å². The molecule has 0 saturated carbocycles. The number of phenolic OH excluding ortho intramolecular Hbond substituents is 2. The van der Waals surface area contributed by atoms with Gasteiger partial charge in [-0.15, -0.1) is 0 Å². The second kappa shape index (κ2) is 29.3. The van der Waals surface area contributed by atoms with Crippen LogP contribution in [-0.2, 0) is 79.6 Å². The van der Waals surface area contributed by atoms with Crippen molar-refractivity contribution in [1.82, 2.24) is 0 Å². The maximum Gasteiger partial charge on any atom is 0.344 e. The summed E-state index contributed by atoms with van der Waals surface area (Å²) < 4.78 is 25.6. The van der Waals surface area contributed by atoms with E-state index >= 15 is 0 Å². The van der Waals surface area contributed by atoms with Crippen LogP contribution < -0.4 is 30.3 Å². The molecule has 16 heteroatoms. The van der Waals surface area contributed by atoms with Crippen LogP contribution in [0.3, 0.4) is 0 Å². The minimum atomic E-state index is -0.742. The Morgan fingerprint density at radius 2 is 0.557 bits per heavy atom. The Labute approximate surface area is 615 Å². The van der Waals surface area contributed by atoms with Crippen LogP contribution >= 0.6 is 0 Å². The first-order valence-electron chi connectivity index (χ1n) is 34.6. The van der Waals surface area contributed by atoms with Gasteiger partial charge in [0.25, 0.3) is 0 Å². The molecule has 11 rings (SSSR count). The number of hydrogen-bond acceptors (Lipinski definition) is 16. The molecule has 1 aliphatic carbocycles. The van der Waals surface area contributed by atoms with Crippen LogP contribution in [0.1, 0.15) is 161 Å². The summed E-state index contributed by atoms with van der Waals surface area (Å²) in [6.07, 6.45) is 0.423. The highest BCUT2D eigenvalue weighted by Crippen LogP contribution is 2.44. The molecule has 0 unspecified atom stereocenters. The van der Waals surface area contributed by atoms with Crippen LogP contribution in [-0.4, -0.2) is 35.4 Å². The van der Waals surface area contributed by atoms with Gasteiger partial charge in [0.2, 0.25) is 0 Å². The van der Waals surface area contributed by atoms with E-state index in [-0.39, 0.29) is 72.7 Å². The molecule has 10 aromatic rings. The number of nitriles is 8. The van der Waals surface area contributed by atoms with Crippen LogP contribution in [0.25, 0.3) is 65.4 Å². The topological polar surface area (TPSA) is 302 Å². The Balaban J connectivity index is 1.00. The van der Waals surface area contributed by atoms with Crippen molar-refractivity contribution in [2.24, 2.45) is 0 Å². The van der Waals surface area contributed by atoms with Crippen molar-refractivity contribution >= 4 is 77.3 Å². The Morgan fingerprint density at radius 1 is 0.330 bits per heavy atom. The smallest absolute Gasteiger partial charge is 0.344 e. The highest BCUT2D eigenvalue weighted by Gasteiger charge is 2.30. The average Bonchev–Trinajstić information content (AvgIpc) is 0.742. The minimum absolute atomic E-state index is 0.00323. The van der Waals surface area contributed by atoms with Gasteiger partial charge >= 0.3 is 11.9 Å². The van der Waals surface area contributed by atoms with Gasteiger partial charge in [0.15, 0.2) is 13.2 Å². The van der Waals surface area contributed by atoms with E-state index in [0.29, 0.717) is 131 Å². The van der Waals surface area contributed by atoms with E-state index in [0.717, 1.165) is 22.3 Å². The van der Waals surface area contributed by atoms with E-state index in [1.165, 1.54) is 0 Å². The number of ether oxygens (including phenoxy) is 4. The van der Waals surface area contributed by atoms with Crippen molar-refractivity contribution < 1.29 is 38.7 Å². The second-order valence-corrected chi connectivity index (χ2v) is 30.9. The third-order valence-corrected chi connectivity index (χ3v) is 19.5. The van der Waals surface area contributed by atoms with Crippen molar-refractivity contribution in [2.75, 3.05) is 13.2 Å². The predicted molar refractivity (Wildman–Crippen MR) is 406 cm³/mol. The number of phenols is 2. The van der Waals surface area contributed by atoms with Gasteiger partial charge in [0, 0.05) is 46.6 Å². The fraction of sp³-hybridized carbons (Fsp3) is 0.267. The fourth-order valence-corrected chi connectivity index (χ4v) is 13.9. The van der Waals surface area contributed by atoms with Crippen LogP contribution in [0.5, 0.6) is 23.0 Å². The van der Waals surface area contributed by atoms with E-state index < -0.39 is 46.8 Å². The summed E-state index contributed by atoms with van der Waals surface area (Å²) in [5.74, 6) is -0.785. The first-order chi connectivity index (χ1) is 50.3. The zero-order chi connectivity index (χ0) is 76.5. The Kier molecular flexibility index (Phi) is 20.4. The lowest BCUT2D eigenvalue weighted by atomic mass is 9.79. The zero-order valence-electron chi connectivity index (χ0n) is 61.3. The molecule has 10 aromatic carbocycles. The van der Waals surface area contributed by atoms with E-state index in [4.69, 9.17) is 18.9 Å².